The maximum atomic E-state index is 10.7. The summed E-state index contributed by atoms with van der Waals surface area (Å²) in [5.74, 6) is 1.53. The Morgan fingerprint density at radius 1 is 1.69 bits per heavy atom. The first kappa shape index (κ1) is 12.1. The van der Waals surface area contributed by atoms with Gasteiger partial charge in [0, 0.05) is 23.8 Å². The first-order valence-corrected chi connectivity index (χ1v) is 4.85. The van der Waals surface area contributed by atoms with E-state index < -0.39 is 5.97 Å². The predicted molar refractivity (Wildman–Crippen MR) is 62.3 cm³/mol. The maximum Gasteiger partial charge on any atom is 0.354 e. The Kier molecular flexibility index (Phi) is 3.51. The average Bonchev–Trinajstić information content (AvgIpc) is 2.17. The Labute approximate surface area is 94.7 Å². The van der Waals surface area contributed by atoms with Crippen molar-refractivity contribution in [3.05, 3.63) is 24.0 Å². The molecular weight excluding hydrogens is 204 g/mol. The van der Waals surface area contributed by atoms with E-state index in [9.17, 15) is 4.79 Å². The fraction of sp³-hybridized carbons (Fsp3) is 0.333. The number of carboxylic acid groups (broad SMARTS) is 1. The highest BCUT2D eigenvalue weighted by atomic mass is 16.4. The minimum Gasteiger partial charge on any atom is -0.477 e. The van der Waals surface area contributed by atoms with Gasteiger partial charge in [0.1, 0.15) is 5.69 Å². The molecule has 2 N–H and O–H groups in total. The fourth-order valence-corrected chi connectivity index (χ4v) is 1.32. The molecule has 4 nitrogen and oxygen atoms in total. The lowest BCUT2D eigenvalue weighted by Gasteiger charge is -2.25. The molecule has 1 aromatic heterocycles. The highest BCUT2D eigenvalue weighted by molar-refractivity contribution is 5.86. The number of aromatic carboxylic acids is 1. The SMILES string of the molecule is C#CCC(C)(C)Nc1ccnc(C(=O)O)c1. The van der Waals surface area contributed by atoms with Crippen LogP contribution in [0.25, 0.3) is 0 Å². The van der Waals surface area contributed by atoms with E-state index in [1.54, 1.807) is 6.07 Å². The van der Waals surface area contributed by atoms with Gasteiger partial charge in [-0.2, -0.15) is 0 Å². The Hall–Kier alpha value is -2.02. The summed E-state index contributed by atoms with van der Waals surface area (Å²) in [6.07, 6.45) is 7.26. The third-order valence-corrected chi connectivity index (χ3v) is 2.01. The lowest BCUT2D eigenvalue weighted by atomic mass is 10.0. The van der Waals surface area contributed by atoms with E-state index in [0.717, 1.165) is 0 Å². The predicted octanol–water partition coefficient (Wildman–Crippen LogP) is 1.99. The molecule has 0 atom stereocenters. The fourth-order valence-electron chi connectivity index (χ4n) is 1.32. The second kappa shape index (κ2) is 4.67. The summed E-state index contributed by atoms with van der Waals surface area (Å²) in [4.78, 5) is 14.5. The number of pyridine rings is 1. The smallest absolute Gasteiger partial charge is 0.354 e. The zero-order valence-electron chi connectivity index (χ0n) is 9.32. The number of terminal acetylenes is 1. The lowest BCUT2D eigenvalue weighted by Crippen LogP contribution is -2.30. The van der Waals surface area contributed by atoms with Crippen molar-refractivity contribution in [2.75, 3.05) is 5.32 Å². The van der Waals surface area contributed by atoms with Gasteiger partial charge >= 0.3 is 5.97 Å². The van der Waals surface area contributed by atoms with E-state index in [2.05, 4.69) is 16.2 Å². The second-order valence-corrected chi connectivity index (χ2v) is 4.12. The van der Waals surface area contributed by atoms with E-state index >= 15 is 0 Å². The van der Waals surface area contributed by atoms with Crippen LogP contribution in [0.4, 0.5) is 5.69 Å². The molecule has 16 heavy (non-hydrogen) atoms. The van der Waals surface area contributed by atoms with E-state index in [-0.39, 0.29) is 11.2 Å². The number of nitrogens with one attached hydrogen (secondary N) is 1. The zero-order chi connectivity index (χ0) is 12.2. The van der Waals surface area contributed by atoms with Gasteiger partial charge in [0.25, 0.3) is 0 Å². The molecule has 0 saturated heterocycles. The van der Waals surface area contributed by atoms with Crippen LogP contribution in [0.2, 0.25) is 0 Å². The Morgan fingerprint density at radius 2 is 2.38 bits per heavy atom. The molecule has 0 aliphatic carbocycles. The van der Waals surface area contributed by atoms with Crippen LogP contribution in [0.15, 0.2) is 18.3 Å². The molecule has 84 valence electrons. The number of hydrogen-bond acceptors (Lipinski definition) is 3. The molecule has 0 saturated carbocycles. The molecule has 0 aromatic carbocycles. The number of anilines is 1. The summed E-state index contributed by atoms with van der Waals surface area (Å²) >= 11 is 0. The van der Waals surface area contributed by atoms with Gasteiger partial charge in [-0.1, -0.05) is 0 Å². The van der Waals surface area contributed by atoms with Crippen molar-refractivity contribution in [3.63, 3.8) is 0 Å². The van der Waals surface area contributed by atoms with Crippen molar-refractivity contribution in [1.29, 1.82) is 0 Å². The first-order chi connectivity index (χ1) is 7.44. The number of carbonyl (C=O) groups is 1. The summed E-state index contributed by atoms with van der Waals surface area (Å²) in [6, 6.07) is 3.20. The summed E-state index contributed by atoms with van der Waals surface area (Å²) in [5, 5.41) is 12.0. The van der Waals surface area contributed by atoms with Crippen LogP contribution < -0.4 is 5.32 Å². The van der Waals surface area contributed by atoms with Crippen molar-refractivity contribution in [2.24, 2.45) is 0 Å². The minimum atomic E-state index is -1.04. The molecular formula is C12H14N2O2. The van der Waals surface area contributed by atoms with Crippen molar-refractivity contribution in [1.82, 2.24) is 4.98 Å². The van der Waals surface area contributed by atoms with Gasteiger partial charge < -0.3 is 10.4 Å². The topological polar surface area (TPSA) is 62.2 Å². The summed E-state index contributed by atoms with van der Waals surface area (Å²) in [6.45, 7) is 3.90. The normalized spacial score (nSPS) is 10.6. The number of aromatic nitrogens is 1. The van der Waals surface area contributed by atoms with Gasteiger partial charge in [0.05, 0.1) is 0 Å². The molecule has 0 fully saturated rings. The van der Waals surface area contributed by atoms with Gasteiger partial charge in [0.15, 0.2) is 0 Å². The maximum absolute atomic E-state index is 10.7. The van der Waals surface area contributed by atoms with Crippen molar-refractivity contribution in [2.45, 2.75) is 25.8 Å². The van der Waals surface area contributed by atoms with Crippen molar-refractivity contribution < 1.29 is 9.90 Å². The minimum absolute atomic E-state index is 0.0153. The molecule has 0 spiro atoms. The molecule has 0 aliphatic heterocycles. The molecule has 0 unspecified atom stereocenters. The van der Waals surface area contributed by atoms with Crippen molar-refractivity contribution in [3.8, 4) is 12.3 Å². The first-order valence-electron chi connectivity index (χ1n) is 4.85. The quantitative estimate of drug-likeness (QED) is 0.759. The number of nitrogens with zero attached hydrogens (tertiary/aromatic N) is 1. The van der Waals surface area contributed by atoms with Gasteiger partial charge in [-0.15, -0.1) is 12.3 Å². The lowest BCUT2D eigenvalue weighted by molar-refractivity contribution is 0.0690. The van der Waals surface area contributed by atoms with Crippen LogP contribution in [0, 0.1) is 12.3 Å². The summed E-state index contributed by atoms with van der Waals surface area (Å²) in [7, 11) is 0. The standard InChI is InChI=1S/C12H14N2O2/c1-4-6-12(2,3)14-9-5-7-13-10(8-9)11(15)16/h1,5,7-8H,6H2,2-3H3,(H,13,14)(H,15,16). The molecule has 0 radical (unpaired) electrons. The third kappa shape index (κ3) is 3.28. The molecule has 4 heteroatoms. The van der Waals surface area contributed by atoms with E-state index in [1.807, 2.05) is 13.8 Å². The molecule has 0 bridgehead atoms. The van der Waals surface area contributed by atoms with Crippen molar-refractivity contribution >= 4 is 11.7 Å². The van der Waals surface area contributed by atoms with Crippen LogP contribution >= 0.6 is 0 Å². The van der Waals surface area contributed by atoms with E-state index in [1.165, 1.54) is 12.3 Å². The Bertz CT molecular complexity index is 433. The highest BCUT2D eigenvalue weighted by Gasteiger charge is 2.16. The van der Waals surface area contributed by atoms with E-state index in [0.29, 0.717) is 12.1 Å². The largest absolute Gasteiger partial charge is 0.477 e. The van der Waals surface area contributed by atoms with Crippen LogP contribution in [0.3, 0.4) is 0 Å². The Balaban J connectivity index is 2.86. The molecule has 1 aromatic rings. The highest BCUT2D eigenvalue weighted by Crippen LogP contribution is 2.17. The second-order valence-electron chi connectivity index (χ2n) is 4.12. The number of carboxylic acids is 1. The molecule has 1 rings (SSSR count). The van der Waals surface area contributed by atoms with Crippen LogP contribution in [-0.2, 0) is 0 Å². The number of rotatable bonds is 4. The monoisotopic (exact) mass is 218 g/mol. The van der Waals surface area contributed by atoms with Gasteiger partial charge in [-0.25, -0.2) is 9.78 Å². The Morgan fingerprint density at radius 3 is 2.94 bits per heavy atom. The van der Waals surface area contributed by atoms with Gasteiger partial charge in [-0.05, 0) is 26.0 Å². The third-order valence-electron chi connectivity index (χ3n) is 2.01. The van der Waals surface area contributed by atoms with Gasteiger partial charge in [-0.3, -0.25) is 0 Å². The average molecular weight is 218 g/mol. The van der Waals surface area contributed by atoms with Crippen LogP contribution in [0.1, 0.15) is 30.8 Å². The zero-order valence-corrected chi connectivity index (χ0v) is 9.32. The molecule has 0 amide bonds. The summed E-state index contributed by atoms with van der Waals surface area (Å²) < 4.78 is 0. The molecule has 1 heterocycles. The van der Waals surface area contributed by atoms with Crippen LogP contribution in [-0.4, -0.2) is 21.6 Å². The number of hydrogen-bond donors (Lipinski definition) is 2. The van der Waals surface area contributed by atoms with Crippen LogP contribution in [0.5, 0.6) is 0 Å². The molecule has 0 aliphatic rings. The summed E-state index contributed by atoms with van der Waals surface area (Å²) in [5.41, 5.74) is 0.445. The van der Waals surface area contributed by atoms with Gasteiger partial charge in [0.2, 0.25) is 0 Å². The van der Waals surface area contributed by atoms with E-state index in [4.69, 9.17) is 11.5 Å².